The van der Waals surface area contributed by atoms with Crippen molar-refractivity contribution in [2.24, 2.45) is 0 Å². The van der Waals surface area contributed by atoms with Crippen LogP contribution in [0.5, 0.6) is 0 Å². The highest BCUT2D eigenvalue weighted by atomic mass is 32.2. The summed E-state index contributed by atoms with van der Waals surface area (Å²) in [5.41, 5.74) is 3.17. The summed E-state index contributed by atoms with van der Waals surface area (Å²) in [6.45, 7) is 0.434. The van der Waals surface area contributed by atoms with Crippen LogP contribution in [0.25, 0.3) is 22.1 Å². The highest BCUT2D eigenvalue weighted by Crippen LogP contribution is 2.20. The summed E-state index contributed by atoms with van der Waals surface area (Å²) in [7, 11) is 0. The lowest BCUT2D eigenvalue weighted by Gasteiger charge is -2.16. The fraction of sp³-hybridized carbons (Fsp3) is 0.318. The molecule has 0 spiro atoms. The van der Waals surface area contributed by atoms with Crippen LogP contribution in [0.1, 0.15) is 31.1 Å². The summed E-state index contributed by atoms with van der Waals surface area (Å²) < 4.78 is 6.82. The number of aryl methyl sites for hydroxylation is 1. The van der Waals surface area contributed by atoms with Crippen molar-refractivity contribution in [2.75, 3.05) is 12.0 Å². The number of fused-ring (bicyclic) bond motifs is 2. The van der Waals surface area contributed by atoms with E-state index in [1.54, 1.807) is 22.4 Å². The zero-order valence-electron chi connectivity index (χ0n) is 16.8. The van der Waals surface area contributed by atoms with Crippen molar-refractivity contribution in [1.29, 1.82) is 0 Å². The molecule has 156 valence electrons. The minimum Gasteiger partial charge on any atom is -0.408 e. The molecule has 2 aromatic heterocycles. The Morgan fingerprint density at radius 2 is 2.03 bits per heavy atom. The van der Waals surface area contributed by atoms with E-state index in [9.17, 15) is 9.59 Å². The average molecular weight is 425 g/mol. The molecule has 2 aromatic carbocycles. The first-order valence-corrected chi connectivity index (χ1v) is 11.4. The second-order valence-electron chi connectivity index (χ2n) is 7.13. The molecule has 30 heavy (non-hydrogen) atoms. The number of carbonyl (C=O) groups is 1. The topological polar surface area (TPSA) is 92.9 Å². The SMILES string of the molecule is CSCCC(NC(=O)CCCn1c(=O)oc2ccccc21)c1nc2ccccc2[nH]1. The average Bonchev–Trinajstić information content (AvgIpc) is 3.32. The van der Waals surface area contributed by atoms with Gasteiger partial charge in [-0.2, -0.15) is 11.8 Å². The zero-order valence-corrected chi connectivity index (χ0v) is 17.6. The molecule has 8 heteroatoms. The highest BCUT2D eigenvalue weighted by molar-refractivity contribution is 7.98. The monoisotopic (exact) mass is 424 g/mol. The van der Waals surface area contributed by atoms with Gasteiger partial charge in [-0.05, 0) is 49.1 Å². The second-order valence-corrected chi connectivity index (χ2v) is 8.12. The maximum Gasteiger partial charge on any atom is 0.419 e. The Bertz CT molecular complexity index is 1180. The molecule has 0 aliphatic carbocycles. The van der Waals surface area contributed by atoms with Crippen LogP contribution in [0.3, 0.4) is 0 Å². The van der Waals surface area contributed by atoms with Gasteiger partial charge in [0, 0.05) is 13.0 Å². The summed E-state index contributed by atoms with van der Waals surface area (Å²) in [4.78, 5) is 32.6. The number of nitrogens with one attached hydrogen (secondary N) is 2. The minimum absolute atomic E-state index is 0.0533. The van der Waals surface area contributed by atoms with E-state index in [-0.39, 0.29) is 11.9 Å². The van der Waals surface area contributed by atoms with Gasteiger partial charge in [-0.15, -0.1) is 0 Å². The minimum atomic E-state index is -0.392. The number of rotatable bonds is 9. The number of aromatic amines is 1. The van der Waals surface area contributed by atoms with E-state index < -0.39 is 5.76 Å². The van der Waals surface area contributed by atoms with Gasteiger partial charge in [0.25, 0.3) is 0 Å². The number of benzene rings is 2. The first kappa shape index (κ1) is 20.3. The number of nitrogens with zero attached hydrogens (tertiary/aromatic N) is 2. The summed E-state index contributed by atoms with van der Waals surface area (Å²) in [5, 5.41) is 3.10. The molecule has 0 radical (unpaired) electrons. The molecule has 0 saturated carbocycles. The van der Waals surface area contributed by atoms with Gasteiger partial charge >= 0.3 is 5.76 Å². The number of oxazole rings is 1. The van der Waals surface area contributed by atoms with E-state index in [2.05, 4.69) is 15.3 Å². The van der Waals surface area contributed by atoms with E-state index in [1.807, 2.05) is 48.7 Å². The van der Waals surface area contributed by atoms with Gasteiger partial charge < -0.3 is 14.7 Å². The molecule has 0 fully saturated rings. The third-order valence-electron chi connectivity index (χ3n) is 5.04. The number of amides is 1. The lowest BCUT2D eigenvalue weighted by Crippen LogP contribution is -2.30. The molecule has 7 nitrogen and oxygen atoms in total. The molecule has 0 saturated heterocycles. The van der Waals surface area contributed by atoms with Crippen LogP contribution < -0.4 is 11.1 Å². The van der Waals surface area contributed by atoms with E-state index >= 15 is 0 Å². The molecule has 0 bridgehead atoms. The van der Waals surface area contributed by atoms with Crippen molar-refractivity contribution in [3.8, 4) is 0 Å². The predicted octanol–water partition coefficient (Wildman–Crippen LogP) is 3.86. The molecular weight excluding hydrogens is 400 g/mol. The van der Waals surface area contributed by atoms with Gasteiger partial charge in [-0.3, -0.25) is 9.36 Å². The quantitative estimate of drug-likeness (QED) is 0.426. The molecule has 1 atom stereocenters. The molecule has 1 unspecified atom stereocenters. The molecular formula is C22H24N4O3S. The van der Waals surface area contributed by atoms with Crippen molar-refractivity contribution in [3.05, 3.63) is 64.9 Å². The third kappa shape index (κ3) is 4.43. The molecule has 0 aliphatic heterocycles. The normalized spacial score (nSPS) is 12.4. The van der Waals surface area contributed by atoms with Crippen LogP contribution in [-0.2, 0) is 11.3 Å². The number of thioether (sulfide) groups is 1. The van der Waals surface area contributed by atoms with Crippen LogP contribution in [-0.4, -0.2) is 32.5 Å². The first-order chi connectivity index (χ1) is 14.7. The van der Waals surface area contributed by atoms with Gasteiger partial charge in [0.15, 0.2) is 5.58 Å². The Balaban J connectivity index is 1.40. The lowest BCUT2D eigenvalue weighted by atomic mass is 10.2. The maximum atomic E-state index is 12.6. The van der Waals surface area contributed by atoms with Gasteiger partial charge in [0.2, 0.25) is 5.91 Å². The largest absolute Gasteiger partial charge is 0.419 e. The van der Waals surface area contributed by atoms with Crippen molar-refractivity contribution >= 4 is 39.8 Å². The van der Waals surface area contributed by atoms with Crippen LogP contribution in [0.15, 0.2) is 57.7 Å². The lowest BCUT2D eigenvalue weighted by molar-refractivity contribution is -0.122. The number of aromatic nitrogens is 3. The van der Waals surface area contributed by atoms with E-state index in [0.29, 0.717) is 25.0 Å². The van der Waals surface area contributed by atoms with Crippen LogP contribution >= 0.6 is 11.8 Å². The number of para-hydroxylation sites is 4. The highest BCUT2D eigenvalue weighted by Gasteiger charge is 2.18. The van der Waals surface area contributed by atoms with E-state index in [1.165, 1.54) is 0 Å². The maximum absolute atomic E-state index is 12.6. The first-order valence-electron chi connectivity index (χ1n) is 9.97. The molecule has 2 N–H and O–H groups in total. The van der Waals surface area contributed by atoms with E-state index in [4.69, 9.17) is 4.42 Å². The number of hydrogen-bond donors (Lipinski definition) is 2. The Kier molecular flexibility index (Phi) is 6.23. The van der Waals surface area contributed by atoms with Gasteiger partial charge in [-0.25, -0.2) is 9.78 Å². The fourth-order valence-electron chi connectivity index (χ4n) is 3.54. The molecule has 2 heterocycles. The molecule has 0 aliphatic rings. The third-order valence-corrected chi connectivity index (χ3v) is 5.69. The molecule has 1 amide bonds. The van der Waals surface area contributed by atoms with Crippen molar-refractivity contribution < 1.29 is 9.21 Å². The molecule has 4 rings (SSSR count). The van der Waals surface area contributed by atoms with Crippen LogP contribution in [0.4, 0.5) is 0 Å². The van der Waals surface area contributed by atoms with Crippen molar-refractivity contribution in [1.82, 2.24) is 19.9 Å². The van der Waals surface area contributed by atoms with Crippen LogP contribution in [0, 0.1) is 0 Å². The number of carbonyl (C=O) groups excluding carboxylic acids is 1. The predicted molar refractivity (Wildman–Crippen MR) is 120 cm³/mol. The van der Waals surface area contributed by atoms with Gasteiger partial charge in [0.1, 0.15) is 5.82 Å². The smallest absolute Gasteiger partial charge is 0.408 e. The van der Waals surface area contributed by atoms with Gasteiger partial charge in [0.05, 0.1) is 22.6 Å². The summed E-state index contributed by atoms with van der Waals surface area (Å²) in [6.07, 6.45) is 3.70. The Morgan fingerprint density at radius 3 is 2.87 bits per heavy atom. The Morgan fingerprint density at radius 1 is 1.23 bits per heavy atom. The van der Waals surface area contributed by atoms with Gasteiger partial charge in [-0.1, -0.05) is 24.3 Å². The fourth-order valence-corrected chi connectivity index (χ4v) is 4.01. The molecule has 4 aromatic rings. The van der Waals surface area contributed by atoms with E-state index in [0.717, 1.165) is 34.5 Å². The zero-order chi connectivity index (χ0) is 20.9. The number of hydrogen-bond acceptors (Lipinski definition) is 5. The second kappa shape index (κ2) is 9.21. The van der Waals surface area contributed by atoms with Crippen LogP contribution in [0.2, 0.25) is 0 Å². The Hall–Kier alpha value is -3.00. The summed E-state index contributed by atoms with van der Waals surface area (Å²) in [5.74, 6) is 1.24. The number of imidazole rings is 1. The van der Waals surface area contributed by atoms with Crippen molar-refractivity contribution in [2.45, 2.75) is 31.8 Å². The summed E-state index contributed by atoms with van der Waals surface area (Å²) in [6, 6.07) is 15.0. The Labute approximate surface area is 177 Å². The summed E-state index contributed by atoms with van der Waals surface area (Å²) >= 11 is 1.74. The number of H-pyrrole nitrogens is 1. The standard InChI is InChI=1S/C22H24N4O3S/c1-30-14-12-17(21-24-15-7-2-3-8-16(15)25-21)23-20(27)11-6-13-26-18-9-4-5-10-19(18)29-22(26)28/h2-5,7-10,17H,6,11-14H2,1H3,(H,23,27)(H,24,25). The van der Waals surface area contributed by atoms with Crippen molar-refractivity contribution in [3.63, 3.8) is 0 Å².